The molecule has 1 aromatic rings. The van der Waals surface area contributed by atoms with Gasteiger partial charge in [-0.2, -0.15) is 13.2 Å². The number of rotatable bonds is 7. The Morgan fingerprint density at radius 3 is 1.87 bits per heavy atom. The van der Waals surface area contributed by atoms with Crippen molar-refractivity contribution in [3.8, 4) is 0 Å². The minimum Gasteiger partial charge on any atom is -0.206 e. The first kappa shape index (κ1) is 23.3. The molecule has 0 amide bonds. The van der Waals surface area contributed by atoms with Gasteiger partial charge in [0.1, 0.15) is 5.82 Å². The predicted octanol–water partition coefficient (Wildman–Crippen LogP) is 9.06. The summed E-state index contributed by atoms with van der Waals surface area (Å²) in [6.45, 7) is 2.29. The maximum atomic E-state index is 14.2. The fourth-order valence-electron chi connectivity index (χ4n) is 5.59. The number of alkyl halides is 3. The summed E-state index contributed by atoms with van der Waals surface area (Å²) >= 11 is 0. The Kier molecular flexibility index (Phi) is 8.42. The van der Waals surface area contributed by atoms with E-state index in [2.05, 4.69) is 6.92 Å². The van der Waals surface area contributed by atoms with Gasteiger partial charge in [0.25, 0.3) is 0 Å². The second-order valence-corrected chi connectivity index (χ2v) is 9.63. The molecule has 0 aromatic heterocycles. The third-order valence-corrected chi connectivity index (χ3v) is 7.44. The molecule has 0 spiro atoms. The van der Waals surface area contributed by atoms with E-state index in [9.17, 15) is 17.6 Å². The molecule has 2 aliphatic carbocycles. The molecule has 2 fully saturated rings. The Bertz CT molecular complexity index is 675. The van der Waals surface area contributed by atoms with Gasteiger partial charge in [-0.25, -0.2) is 4.39 Å². The number of halogens is 4. The van der Waals surface area contributed by atoms with Gasteiger partial charge in [-0.15, -0.1) is 0 Å². The highest BCUT2D eigenvalue weighted by Gasteiger charge is 2.26. The average Bonchev–Trinajstić information content (AvgIpc) is 2.72. The van der Waals surface area contributed by atoms with Crippen molar-refractivity contribution in [3.05, 3.63) is 41.2 Å². The zero-order valence-corrected chi connectivity index (χ0v) is 18.2. The van der Waals surface area contributed by atoms with E-state index >= 15 is 0 Å². The van der Waals surface area contributed by atoms with Crippen molar-refractivity contribution in [2.24, 2.45) is 17.8 Å². The molecule has 3 rings (SSSR count). The SMILES string of the molecule is CCCC1CCC(CCC2CCC(c3ccc(/C=C/C(F)(F)F)c(F)c3)CC2)CC1. The van der Waals surface area contributed by atoms with Crippen LogP contribution in [0.15, 0.2) is 24.3 Å². The van der Waals surface area contributed by atoms with Crippen LogP contribution in [-0.4, -0.2) is 6.18 Å². The fourth-order valence-corrected chi connectivity index (χ4v) is 5.59. The quantitative estimate of drug-likeness (QED) is 0.383. The summed E-state index contributed by atoms with van der Waals surface area (Å²) in [6.07, 6.45) is 12.0. The van der Waals surface area contributed by atoms with E-state index < -0.39 is 12.0 Å². The third kappa shape index (κ3) is 7.13. The Morgan fingerprint density at radius 2 is 1.37 bits per heavy atom. The first-order valence-corrected chi connectivity index (χ1v) is 11.9. The smallest absolute Gasteiger partial charge is 0.206 e. The van der Waals surface area contributed by atoms with Crippen LogP contribution in [0.5, 0.6) is 0 Å². The van der Waals surface area contributed by atoms with Gasteiger partial charge in [-0.05, 0) is 67.1 Å². The van der Waals surface area contributed by atoms with Crippen LogP contribution in [0.25, 0.3) is 6.08 Å². The Hall–Kier alpha value is -1.32. The molecule has 0 N–H and O–H groups in total. The number of benzene rings is 1. The summed E-state index contributed by atoms with van der Waals surface area (Å²) in [5.41, 5.74) is 0.933. The molecule has 30 heavy (non-hydrogen) atoms. The molecule has 4 heteroatoms. The van der Waals surface area contributed by atoms with Gasteiger partial charge in [-0.1, -0.05) is 70.4 Å². The zero-order valence-electron chi connectivity index (χ0n) is 18.2. The third-order valence-electron chi connectivity index (χ3n) is 7.44. The van der Waals surface area contributed by atoms with E-state index in [1.54, 1.807) is 6.07 Å². The van der Waals surface area contributed by atoms with Gasteiger partial charge in [0.05, 0.1) is 0 Å². The lowest BCUT2D eigenvalue weighted by atomic mass is 9.74. The lowest BCUT2D eigenvalue weighted by molar-refractivity contribution is -0.0790. The van der Waals surface area contributed by atoms with Gasteiger partial charge in [-0.3, -0.25) is 0 Å². The molecule has 2 saturated carbocycles. The average molecular weight is 425 g/mol. The van der Waals surface area contributed by atoms with Crippen LogP contribution in [-0.2, 0) is 0 Å². The minimum atomic E-state index is -4.42. The predicted molar refractivity (Wildman–Crippen MR) is 116 cm³/mol. The monoisotopic (exact) mass is 424 g/mol. The molecule has 0 unspecified atom stereocenters. The summed E-state index contributed by atoms with van der Waals surface area (Å²) in [5.74, 6) is 2.45. The van der Waals surface area contributed by atoms with Gasteiger partial charge in [0, 0.05) is 11.6 Å². The molecule has 0 saturated heterocycles. The summed E-state index contributed by atoms with van der Waals surface area (Å²) in [5, 5.41) is 0. The van der Waals surface area contributed by atoms with Crippen molar-refractivity contribution in [1.29, 1.82) is 0 Å². The molecule has 2 aliphatic rings. The number of hydrogen-bond acceptors (Lipinski definition) is 0. The van der Waals surface area contributed by atoms with Crippen LogP contribution < -0.4 is 0 Å². The normalized spacial score (nSPS) is 28.2. The van der Waals surface area contributed by atoms with E-state index in [0.29, 0.717) is 5.92 Å². The second kappa shape index (κ2) is 10.8. The topological polar surface area (TPSA) is 0 Å². The summed E-state index contributed by atoms with van der Waals surface area (Å²) < 4.78 is 51.1. The highest BCUT2D eigenvalue weighted by atomic mass is 19.4. The molecule has 0 nitrogen and oxygen atoms in total. The standard InChI is InChI=1S/C26H36F4/c1-2-3-19-4-6-20(7-5-19)8-9-21-10-12-22(13-11-21)24-15-14-23(25(27)18-24)16-17-26(28,29)30/h14-22H,2-13H2,1H3/b17-16+. The number of hydrogen-bond donors (Lipinski definition) is 0. The van der Waals surface area contributed by atoms with Crippen LogP contribution in [0, 0.1) is 23.6 Å². The molecule has 0 radical (unpaired) electrons. The maximum absolute atomic E-state index is 14.2. The van der Waals surface area contributed by atoms with E-state index in [-0.39, 0.29) is 11.6 Å². The van der Waals surface area contributed by atoms with Crippen LogP contribution >= 0.6 is 0 Å². The highest BCUT2D eigenvalue weighted by molar-refractivity contribution is 5.51. The Labute approximate surface area is 179 Å². The van der Waals surface area contributed by atoms with E-state index in [1.165, 1.54) is 76.3 Å². The molecule has 1 aromatic carbocycles. The maximum Gasteiger partial charge on any atom is 0.409 e. The minimum absolute atomic E-state index is 0.00146. The molecular formula is C26H36F4. The van der Waals surface area contributed by atoms with Crippen molar-refractivity contribution < 1.29 is 17.6 Å². The fraction of sp³-hybridized carbons (Fsp3) is 0.692. The van der Waals surface area contributed by atoms with Crippen molar-refractivity contribution in [2.45, 2.75) is 96.1 Å². The lowest BCUT2D eigenvalue weighted by Gasteiger charge is -2.32. The second-order valence-electron chi connectivity index (χ2n) is 9.63. The van der Waals surface area contributed by atoms with E-state index in [0.717, 1.165) is 42.2 Å². The summed E-state index contributed by atoms with van der Waals surface area (Å²) in [7, 11) is 0. The largest absolute Gasteiger partial charge is 0.409 e. The van der Waals surface area contributed by atoms with Gasteiger partial charge >= 0.3 is 6.18 Å². The first-order chi connectivity index (χ1) is 14.3. The van der Waals surface area contributed by atoms with E-state index in [4.69, 9.17) is 0 Å². The van der Waals surface area contributed by atoms with Crippen molar-refractivity contribution in [3.63, 3.8) is 0 Å². The van der Waals surface area contributed by atoms with Gasteiger partial charge in [0.2, 0.25) is 0 Å². The molecular weight excluding hydrogens is 388 g/mol. The first-order valence-electron chi connectivity index (χ1n) is 11.9. The molecule has 0 heterocycles. The zero-order chi connectivity index (χ0) is 21.6. The number of allylic oxidation sites excluding steroid dienone is 1. The van der Waals surface area contributed by atoms with Gasteiger partial charge < -0.3 is 0 Å². The summed E-state index contributed by atoms with van der Waals surface area (Å²) in [6, 6.07) is 4.72. The van der Waals surface area contributed by atoms with Crippen molar-refractivity contribution in [1.82, 2.24) is 0 Å². The van der Waals surface area contributed by atoms with Crippen LogP contribution in [0.3, 0.4) is 0 Å². The van der Waals surface area contributed by atoms with Crippen LogP contribution in [0.1, 0.15) is 101 Å². The Balaban J connectivity index is 1.42. The summed E-state index contributed by atoms with van der Waals surface area (Å²) in [4.78, 5) is 0. The molecule has 168 valence electrons. The van der Waals surface area contributed by atoms with Crippen LogP contribution in [0.4, 0.5) is 17.6 Å². The highest BCUT2D eigenvalue weighted by Crippen LogP contribution is 2.40. The van der Waals surface area contributed by atoms with E-state index in [1.807, 2.05) is 0 Å². The van der Waals surface area contributed by atoms with Crippen molar-refractivity contribution >= 4 is 6.08 Å². The molecule has 0 bridgehead atoms. The van der Waals surface area contributed by atoms with Crippen molar-refractivity contribution in [2.75, 3.05) is 0 Å². The van der Waals surface area contributed by atoms with Crippen LogP contribution in [0.2, 0.25) is 0 Å². The Morgan fingerprint density at radius 1 is 0.833 bits per heavy atom. The molecule has 0 atom stereocenters. The molecule has 0 aliphatic heterocycles. The lowest BCUT2D eigenvalue weighted by Crippen LogP contribution is -2.17. The van der Waals surface area contributed by atoms with Gasteiger partial charge in [0.15, 0.2) is 0 Å².